The van der Waals surface area contributed by atoms with Gasteiger partial charge in [0.2, 0.25) is 12.2 Å². The molecule has 10 nitrogen and oxygen atoms in total. The van der Waals surface area contributed by atoms with E-state index in [1.807, 2.05) is 0 Å². The molecule has 1 unspecified atom stereocenters. The van der Waals surface area contributed by atoms with Crippen molar-refractivity contribution in [3.05, 3.63) is 0 Å². The Kier molecular flexibility index (Phi) is 7.13. The van der Waals surface area contributed by atoms with Crippen LogP contribution >= 0.6 is 0 Å². The maximum atomic E-state index is 11.5. The Morgan fingerprint density at radius 3 is 2.27 bits per heavy atom. The molecule has 1 rings (SSSR count). The van der Waals surface area contributed by atoms with Gasteiger partial charge in [-0.1, -0.05) is 0 Å². The lowest BCUT2D eigenvalue weighted by molar-refractivity contribution is -0.214. The summed E-state index contributed by atoms with van der Waals surface area (Å²) in [5, 5.41) is 55.7. The SMILES string of the molecule is O=C(CN1CCCC1=O)OC(O)[C@@H](O)[C@@H](O)[C@H](O)[C@H](O)CO. The second kappa shape index (κ2) is 8.36. The zero-order valence-electron chi connectivity index (χ0n) is 11.8. The molecule has 0 saturated carbocycles. The third-order valence-corrected chi connectivity index (χ3v) is 3.32. The Hall–Kier alpha value is -1.30. The Morgan fingerprint density at radius 2 is 1.77 bits per heavy atom. The number of esters is 1. The molecule has 0 aromatic heterocycles. The van der Waals surface area contributed by atoms with Crippen LogP contribution in [-0.4, -0.2) is 97.8 Å². The summed E-state index contributed by atoms with van der Waals surface area (Å²) in [5.41, 5.74) is 0. The number of aliphatic hydroxyl groups is 6. The van der Waals surface area contributed by atoms with Crippen molar-refractivity contribution in [1.82, 2.24) is 4.90 Å². The van der Waals surface area contributed by atoms with Crippen LogP contribution in [0.25, 0.3) is 0 Å². The van der Waals surface area contributed by atoms with Crippen LogP contribution in [0, 0.1) is 0 Å². The number of rotatable bonds is 8. The van der Waals surface area contributed by atoms with Gasteiger partial charge < -0.3 is 40.3 Å². The lowest BCUT2D eigenvalue weighted by Gasteiger charge is -2.28. The van der Waals surface area contributed by atoms with Crippen LogP contribution in [0.1, 0.15) is 12.8 Å². The summed E-state index contributed by atoms with van der Waals surface area (Å²) in [5.74, 6) is -1.22. The normalized spacial score (nSPS) is 22.1. The summed E-state index contributed by atoms with van der Waals surface area (Å²) in [6.07, 6.45) is -9.08. The van der Waals surface area contributed by atoms with E-state index < -0.39 is 49.8 Å². The third kappa shape index (κ3) is 4.87. The molecule has 0 aromatic rings. The molecule has 10 heteroatoms. The van der Waals surface area contributed by atoms with Crippen molar-refractivity contribution in [2.24, 2.45) is 0 Å². The molecular formula is C12H21NO9. The molecule has 1 amide bonds. The highest BCUT2D eigenvalue weighted by atomic mass is 16.6. The Balaban J connectivity index is 2.47. The minimum atomic E-state index is -2.17. The first-order valence-corrected chi connectivity index (χ1v) is 6.76. The molecule has 5 atom stereocenters. The van der Waals surface area contributed by atoms with Gasteiger partial charge in [0.25, 0.3) is 0 Å². The van der Waals surface area contributed by atoms with Crippen molar-refractivity contribution in [3.8, 4) is 0 Å². The van der Waals surface area contributed by atoms with Gasteiger partial charge in [-0.05, 0) is 6.42 Å². The van der Waals surface area contributed by atoms with Crippen LogP contribution < -0.4 is 0 Å². The van der Waals surface area contributed by atoms with E-state index in [9.17, 15) is 30.0 Å². The van der Waals surface area contributed by atoms with E-state index in [2.05, 4.69) is 4.74 Å². The van der Waals surface area contributed by atoms with Gasteiger partial charge >= 0.3 is 5.97 Å². The van der Waals surface area contributed by atoms with Crippen LogP contribution in [-0.2, 0) is 14.3 Å². The summed E-state index contributed by atoms with van der Waals surface area (Å²) in [6.45, 7) is -0.894. The maximum Gasteiger partial charge on any atom is 0.328 e. The predicted octanol–water partition coefficient (Wildman–Crippen LogP) is -4.09. The number of likely N-dealkylation sites (tertiary alicyclic amines) is 1. The number of amides is 1. The van der Waals surface area contributed by atoms with Gasteiger partial charge in [-0.15, -0.1) is 0 Å². The summed E-state index contributed by atoms with van der Waals surface area (Å²) in [6, 6.07) is 0. The van der Waals surface area contributed by atoms with Crippen LogP contribution in [0.2, 0.25) is 0 Å². The molecule has 0 radical (unpaired) electrons. The molecule has 0 spiro atoms. The maximum absolute atomic E-state index is 11.5. The number of hydrogen-bond donors (Lipinski definition) is 6. The lowest BCUT2D eigenvalue weighted by Crippen LogP contribution is -2.51. The number of hydrogen-bond acceptors (Lipinski definition) is 9. The average molecular weight is 323 g/mol. The highest BCUT2D eigenvalue weighted by Crippen LogP contribution is 2.12. The van der Waals surface area contributed by atoms with Gasteiger partial charge in [0.05, 0.1) is 6.61 Å². The first kappa shape index (κ1) is 18.7. The van der Waals surface area contributed by atoms with E-state index in [-0.39, 0.29) is 5.91 Å². The monoisotopic (exact) mass is 323 g/mol. The predicted molar refractivity (Wildman–Crippen MR) is 69.0 cm³/mol. The molecule has 1 saturated heterocycles. The largest absolute Gasteiger partial charge is 0.432 e. The Bertz CT molecular complexity index is 391. The summed E-state index contributed by atoms with van der Waals surface area (Å²) < 4.78 is 4.46. The highest BCUT2D eigenvalue weighted by molar-refractivity contribution is 5.83. The molecule has 6 N–H and O–H groups in total. The van der Waals surface area contributed by atoms with Gasteiger partial charge in [0.15, 0.2) is 0 Å². The summed E-state index contributed by atoms with van der Waals surface area (Å²) in [7, 11) is 0. The van der Waals surface area contributed by atoms with Crippen LogP contribution in [0.4, 0.5) is 0 Å². The summed E-state index contributed by atoms with van der Waals surface area (Å²) >= 11 is 0. The Labute approximate surface area is 126 Å². The van der Waals surface area contributed by atoms with Crippen molar-refractivity contribution in [1.29, 1.82) is 0 Å². The van der Waals surface area contributed by atoms with Crippen molar-refractivity contribution < 1.29 is 45.0 Å². The number of nitrogens with zero attached hydrogens (tertiary/aromatic N) is 1. The second-order valence-electron chi connectivity index (χ2n) is 5.02. The van der Waals surface area contributed by atoms with E-state index in [0.717, 1.165) is 0 Å². The van der Waals surface area contributed by atoms with E-state index in [1.54, 1.807) is 0 Å². The average Bonchev–Trinajstić information content (AvgIpc) is 2.88. The summed E-state index contributed by atoms with van der Waals surface area (Å²) in [4.78, 5) is 24.1. The van der Waals surface area contributed by atoms with Crippen molar-refractivity contribution in [2.75, 3.05) is 19.7 Å². The smallest absolute Gasteiger partial charge is 0.328 e. The Morgan fingerprint density at radius 1 is 1.14 bits per heavy atom. The minimum absolute atomic E-state index is 0.228. The van der Waals surface area contributed by atoms with Crippen LogP contribution in [0.3, 0.4) is 0 Å². The molecule has 0 aliphatic carbocycles. The first-order chi connectivity index (χ1) is 10.3. The number of carbonyl (C=O) groups is 2. The van der Waals surface area contributed by atoms with E-state index >= 15 is 0 Å². The van der Waals surface area contributed by atoms with Gasteiger partial charge in [0.1, 0.15) is 31.0 Å². The molecule has 22 heavy (non-hydrogen) atoms. The topological polar surface area (TPSA) is 168 Å². The van der Waals surface area contributed by atoms with Crippen molar-refractivity contribution >= 4 is 11.9 Å². The molecule has 1 aliphatic heterocycles. The van der Waals surface area contributed by atoms with E-state index in [0.29, 0.717) is 19.4 Å². The second-order valence-corrected chi connectivity index (χ2v) is 5.02. The van der Waals surface area contributed by atoms with Crippen molar-refractivity contribution in [2.45, 2.75) is 43.5 Å². The van der Waals surface area contributed by atoms with E-state index in [1.165, 1.54) is 4.90 Å². The molecule has 0 aromatic carbocycles. The molecule has 0 bridgehead atoms. The fraction of sp³-hybridized carbons (Fsp3) is 0.833. The number of aliphatic hydroxyl groups excluding tert-OH is 6. The lowest BCUT2D eigenvalue weighted by atomic mass is 10.0. The zero-order chi connectivity index (χ0) is 16.9. The van der Waals surface area contributed by atoms with Gasteiger partial charge in [-0.2, -0.15) is 0 Å². The molecular weight excluding hydrogens is 302 g/mol. The molecule has 128 valence electrons. The number of carbonyl (C=O) groups excluding carboxylic acids is 2. The fourth-order valence-corrected chi connectivity index (χ4v) is 1.97. The van der Waals surface area contributed by atoms with Gasteiger partial charge in [-0.25, -0.2) is 0 Å². The standard InChI is InChI=1S/C12H21NO9/c14-5-6(15)9(18)10(19)11(20)12(21)22-8(17)4-13-3-1-2-7(13)16/h6,9-12,14-15,18-21H,1-5H2/t6-,9-,10+,11+,12?/m1/s1. The molecule has 1 heterocycles. The highest BCUT2D eigenvalue weighted by Gasteiger charge is 2.36. The van der Waals surface area contributed by atoms with Crippen molar-refractivity contribution in [3.63, 3.8) is 0 Å². The minimum Gasteiger partial charge on any atom is -0.432 e. The quantitative estimate of drug-likeness (QED) is 0.192. The van der Waals surface area contributed by atoms with Gasteiger partial charge in [0, 0.05) is 13.0 Å². The van der Waals surface area contributed by atoms with Crippen LogP contribution in [0.15, 0.2) is 0 Å². The van der Waals surface area contributed by atoms with E-state index in [4.69, 9.17) is 10.2 Å². The fourth-order valence-electron chi connectivity index (χ4n) is 1.97. The van der Waals surface area contributed by atoms with Gasteiger partial charge in [-0.3, -0.25) is 9.59 Å². The number of ether oxygens (including phenoxy) is 1. The molecule has 1 aliphatic rings. The van der Waals surface area contributed by atoms with Crippen LogP contribution in [0.5, 0.6) is 0 Å². The third-order valence-electron chi connectivity index (χ3n) is 3.32. The first-order valence-electron chi connectivity index (χ1n) is 6.76. The molecule has 1 fully saturated rings. The zero-order valence-corrected chi connectivity index (χ0v) is 11.8.